The Morgan fingerprint density at radius 2 is 1.89 bits per heavy atom. The van der Waals surface area contributed by atoms with E-state index in [-0.39, 0.29) is 5.91 Å². The molecule has 0 unspecified atom stereocenters. The molecule has 0 spiro atoms. The molecular weight excluding hydrogens is 222 g/mol. The average Bonchev–Trinajstić information content (AvgIpc) is 2.39. The third kappa shape index (κ3) is 4.23. The van der Waals surface area contributed by atoms with E-state index >= 15 is 0 Å². The highest BCUT2D eigenvalue weighted by molar-refractivity contribution is 5.92. The smallest absolute Gasteiger partial charge is 0.252 e. The summed E-state index contributed by atoms with van der Waals surface area (Å²) >= 11 is 0. The fraction of sp³-hybridized carbons (Fsp3) is 0.375. The summed E-state index contributed by atoms with van der Waals surface area (Å²) in [6.07, 6.45) is 3.57. The highest BCUT2D eigenvalue weighted by atomic mass is 16.1. The monoisotopic (exact) mass is 243 g/mol. The van der Waals surface area contributed by atoms with Gasteiger partial charge in [0.25, 0.3) is 5.91 Å². The number of benzene rings is 1. The summed E-state index contributed by atoms with van der Waals surface area (Å²) in [4.78, 5) is 11.4. The summed E-state index contributed by atoms with van der Waals surface area (Å²) in [6, 6.07) is 10.0. The van der Waals surface area contributed by atoms with Gasteiger partial charge in [-0.1, -0.05) is 50.6 Å². The molecule has 0 aliphatic carbocycles. The zero-order chi connectivity index (χ0) is 13.4. The van der Waals surface area contributed by atoms with Crippen molar-refractivity contribution >= 4 is 11.5 Å². The van der Waals surface area contributed by atoms with Crippen LogP contribution in [0.5, 0.6) is 0 Å². The van der Waals surface area contributed by atoms with Crippen LogP contribution < -0.4 is 5.73 Å². The van der Waals surface area contributed by atoms with Gasteiger partial charge in [-0.2, -0.15) is 0 Å². The van der Waals surface area contributed by atoms with Gasteiger partial charge in [-0.05, 0) is 24.8 Å². The van der Waals surface area contributed by atoms with E-state index < -0.39 is 0 Å². The van der Waals surface area contributed by atoms with Gasteiger partial charge in [0, 0.05) is 5.57 Å². The van der Waals surface area contributed by atoms with Gasteiger partial charge in [0.05, 0.1) is 5.57 Å². The van der Waals surface area contributed by atoms with E-state index in [4.69, 9.17) is 5.73 Å². The Morgan fingerprint density at radius 1 is 1.22 bits per heavy atom. The summed E-state index contributed by atoms with van der Waals surface area (Å²) in [7, 11) is 0. The minimum Gasteiger partial charge on any atom is -0.365 e. The standard InChI is InChI=1S/C16H21NO/c1-3-5-9-15(16(17)18)12-13(4-2)14-10-7-6-8-11-14/h6-8,10-11H,3-5,9H2,1-2H3,(H2,17,18). The van der Waals surface area contributed by atoms with E-state index in [9.17, 15) is 4.79 Å². The van der Waals surface area contributed by atoms with Crippen LogP contribution in [0.4, 0.5) is 0 Å². The predicted octanol–water partition coefficient (Wildman–Crippen LogP) is 3.68. The molecule has 0 radical (unpaired) electrons. The van der Waals surface area contributed by atoms with Gasteiger partial charge < -0.3 is 5.73 Å². The van der Waals surface area contributed by atoms with E-state index in [2.05, 4.69) is 19.6 Å². The van der Waals surface area contributed by atoms with E-state index in [1.165, 1.54) is 0 Å². The fourth-order valence-corrected chi connectivity index (χ4v) is 1.79. The van der Waals surface area contributed by atoms with Crippen LogP contribution in [0, 0.1) is 0 Å². The number of amides is 1. The molecule has 0 heterocycles. The highest BCUT2D eigenvalue weighted by Gasteiger charge is 2.05. The third-order valence-corrected chi connectivity index (χ3v) is 2.86. The Morgan fingerprint density at radius 3 is 2.39 bits per heavy atom. The van der Waals surface area contributed by atoms with Crippen molar-refractivity contribution in [1.82, 2.24) is 0 Å². The number of primary amides is 1. The molecule has 1 aromatic rings. The molecule has 0 aliphatic heterocycles. The minimum absolute atomic E-state index is 0.356. The lowest BCUT2D eigenvalue weighted by Gasteiger charge is -2.03. The Bertz CT molecular complexity index is 453. The molecule has 2 heteroatoms. The molecule has 0 saturated carbocycles. The molecule has 2 N–H and O–H groups in total. The highest BCUT2D eigenvalue weighted by Crippen LogP contribution is 2.18. The lowest BCUT2D eigenvalue weighted by atomic mass is 10.0. The first-order valence-electron chi connectivity index (χ1n) is 6.52. The van der Waals surface area contributed by atoms with Crippen molar-refractivity contribution in [2.75, 3.05) is 0 Å². The Balaban J connectivity index is 3.16. The number of hydrogen-bond donors (Lipinski definition) is 1. The van der Waals surface area contributed by atoms with Gasteiger partial charge in [0.1, 0.15) is 0 Å². The first kappa shape index (κ1) is 14.3. The van der Waals surface area contributed by atoms with E-state index in [0.29, 0.717) is 12.0 Å². The number of carbonyl (C=O) groups excluding carboxylic acids is 1. The van der Waals surface area contributed by atoms with Crippen LogP contribution in [-0.4, -0.2) is 5.91 Å². The van der Waals surface area contributed by atoms with Crippen LogP contribution in [0.2, 0.25) is 0 Å². The summed E-state index contributed by atoms with van der Waals surface area (Å²) in [6.45, 7) is 4.16. The normalized spacial score (nSPS) is 9.67. The second kappa shape index (κ2) is 7.52. The predicted molar refractivity (Wildman–Crippen MR) is 75.9 cm³/mol. The topological polar surface area (TPSA) is 43.1 Å². The maximum atomic E-state index is 11.4. The Kier molecular flexibility index (Phi) is 5.96. The van der Waals surface area contributed by atoms with E-state index in [0.717, 1.165) is 30.4 Å². The van der Waals surface area contributed by atoms with Crippen molar-refractivity contribution in [2.45, 2.75) is 39.5 Å². The molecule has 0 atom stereocenters. The zero-order valence-electron chi connectivity index (χ0n) is 11.2. The molecule has 0 saturated heterocycles. The van der Waals surface area contributed by atoms with Gasteiger partial charge >= 0.3 is 0 Å². The maximum Gasteiger partial charge on any atom is 0.252 e. The summed E-state index contributed by atoms with van der Waals surface area (Å²) in [5, 5.41) is 0. The lowest BCUT2D eigenvalue weighted by molar-refractivity contribution is -0.114. The Labute approximate surface area is 109 Å². The van der Waals surface area contributed by atoms with Crippen molar-refractivity contribution in [3.8, 4) is 0 Å². The first-order chi connectivity index (χ1) is 8.69. The van der Waals surface area contributed by atoms with Crippen molar-refractivity contribution in [3.63, 3.8) is 0 Å². The molecule has 1 aromatic carbocycles. The van der Waals surface area contributed by atoms with E-state index in [1.807, 2.05) is 30.3 Å². The lowest BCUT2D eigenvalue weighted by Crippen LogP contribution is -2.13. The number of rotatable bonds is 6. The molecule has 18 heavy (non-hydrogen) atoms. The zero-order valence-corrected chi connectivity index (χ0v) is 11.2. The molecule has 0 aromatic heterocycles. The fourth-order valence-electron chi connectivity index (χ4n) is 1.79. The van der Waals surface area contributed by atoms with Gasteiger partial charge in [0.15, 0.2) is 0 Å². The average molecular weight is 243 g/mol. The van der Waals surface area contributed by atoms with Crippen LogP contribution in [0.3, 0.4) is 0 Å². The maximum absolute atomic E-state index is 11.4. The van der Waals surface area contributed by atoms with Crippen LogP contribution in [-0.2, 0) is 4.79 Å². The molecular formula is C16H21NO. The van der Waals surface area contributed by atoms with Crippen molar-refractivity contribution in [2.24, 2.45) is 5.73 Å². The molecule has 96 valence electrons. The SMILES string of the molecule is CCCCC(=C=C(CC)c1ccccc1)C(N)=O. The van der Waals surface area contributed by atoms with Crippen molar-refractivity contribution in [1.29, 1.82) is 0 Å². The molecule has 2 nitrogen and oxygen atoms in total. The van der Waals surface area contributed by atoms with Gasteiger partial charge in [-0.15, -0.1) is 5.73 Å². The quantitative estimate of drug-likeness (QED) is 0.601. The molecule has 0 fully saturated rings. The Hall–Kier alpha value is -1.79. The van der Waals surface area contributed by atoms with Crippen LogP contribution in [0.25, 0.3) is 5.57 Å². The molecule has 1 rings (SSSR count). The van der Waals surface area contributed by atoms with E-state index in [1.54, 1.807) is 0 Å². The minimum atomic E-state index is -0.356. The van der Waals surface area contributed by atoms with Crippen molar-refractivity contribution in [3.05, 3.63) is 47.2 Å². The third-order valence-electron chi connectivity index (χ3n) is 2.86. The summed E-state index contributed by atoms with van der Waals surface area (Å²) < 4.78 is 0. The van der Waals surface area contributed by atoms with Crippen LogP contribution in [0.1, 0.15) is 45.1 Å². The van der Waals surface area contributed by atoms with Crippen LogP contribution in [0.15, 0.2) is 41.6 Å². The first-order valence-corrected chi connectivity index (χ1v) is 6.52. The second-order valence-corrected chi connectivity index (χ2v) is 4.27. The summed E-state index contributed by atoms with van der Waals surface area (Å²) in [5.41, 5.74) is 11.4. The second-order valence-electron chi connectivity index (χ2n) is 4.27. The molecule has 1 amide bonds. The number of nitrogens with two attached hydrogens (primary N) is 1. The number of hydrogen-bond acceptors (Lipinski definition) is 1. The largest absolute Gasteiger partial charge is 0.365 e. The molecule has 0 aliphatic rings. The molecule has 0 bridgehead atoms. The van der Waals surface area contributed by atoms with Gasteiger partial charge in [0.2, 0.25) is 0 Å². The number of carbonyl (C=O) groups is 1. The van der Waals surface area contributed by atoms with Gasteiger partial charge in [-0.3, -0.25) is 4.79 Å². The summed E-state index contributed by atoms with van der Waals surface area (Å²) in [5.74, 6) is -0.356. The van der Waals surface area contributed by atoms with Crippen molar-refractivity contribution < 1.29 is 4.79 Å². The number of unbranched alkanes of at least 4 members (excludes halogenated alkanes) is 1. The van der Waals surface area contributed by atoms with Gasteiger partial charge in [-0.25, -0.2) is 0 Å². The van der Waals surface area contributed by atoms with Crippen LogP contribution >= 0.6 is 0 Å².